The molecule has 1 saturated heterocycles. The molecule has 90 valence electrons. The van der Waals surface area contributed by atoms with E-state index in [4.69, 9.17) is 6.42 Å². The maximum Gasteiger partial charge on any atom is 0.294 e. The molecule has 2 rings (SSSR count). The largest absolute Gasteiger partial charge is 0.294 e. The van der Waals surface area contributed by atoms with Crippen molar-refractivity contribution in [1.29, 1.82) is 0 Å². The van der Waals surface area contributed by atoms with Gasteiger partial charge in [0.1, 0.15) is 0 Å². The van der Waals surface area contributed by atoms with Gasteiger partial charge in [-0.1, -0.05) is 34.0 Å². The summed E-state index contributed by atoms with van der Waals surface area (Å²) in [5, 5.41) is -0.320. The molecule has 0 radical (unpaired) electrons. The van der Waals surface area contributed by atoms with Crippen molar-refractivity contribution in [3.8, 4) is 12.3 Å². The molecule has 18 heavy (non-hydrogen) atoms. The SMILES string of the molecule is C#CCN1C(=O)SC(=Cc2cccc(Br)c2)C1=O. The van der Waals surface area contributed by atoms with Gasteiger partial charge in [-0.25, -0.2) is 0 Å². The Morgan fingerprint density at radius 1 is 1.44 bits per heavy atom. The Morgan fingerprint density at radius 3 is 2.89 bits per heavy atom. The molecule has 1 aliphatic rings. The lowest BCUT2D eigenvalue weighted by atomic mass is 10.2. The lowest BCUT2D eigenvalue weighted by Crippen LogP contribution is -2.28. The van der Waals surface area contributed by atoms with Crippen LogP contribution in [0.5, 0.6) is 0 Å². The molecule has 0 aromatic heterocycles. The zero-order valence-electron chi connectivity index (χ0n) is 9.22. The van der Waals surface area contributed by atoms with E-state index in [0.29, 0.717) is 4.91 Å². The number of halogens is 1. The average Bonchev–Trinajstić information content (AvgIpc) is 2.57. The van der Waals surface area contributed by atoms with Crippen molar-refractivity contribution in [2.45, 2.75) is 0 Å². The van der Waals surface area contributed by atoms with E-state index in [1.165, 1.54) is 0 Å². The molecule has 0 N–H and O–H groups in total. The summed E-state index contributed by atoms with van der Waals surface area (Å²) < 4.78 is 0.916. The second kappa shape index (κ2) is 5.42. The Labute approximate surface area is 117 Å². The maximum atomic E-state index is 11.9. The predicted octanol–water partition coefficient (Wildman–Crippen LogP) is 3.12. The molecule has 1 heterocycles. The molecule has 0 bridgehead atoms. The first-order valence-corrected chi connectivity index (χ1v) is 6.67. The molecular weight excluding hydrogens is 314 g/mol. The van der Waals surface area contributed by atoms with Gasteiger partial charge < -0.3 is 0 Å². The molecule has 0 spiro atoms. The molecule has 0 saturated carbocycles. The van der Waals surface area contributed by atoms with E-state index in [2.05, 4.69) is 21.9 Å². The predicted molar refractivity (Wildman–Crippen MR) is 75.7 cm³/mol. The quantitative estimate of drug-likeness (QED) is 0.620. The Bertz CT molecular complexity index is 589. The first-order valence-electron chi connectivity index (χ1n) is 5.06. The molecule has 1 aromatic rings. The minimum absolute atomic E-state index is 0.0144. The summed E-state index contributed by atoms with van der Waals surface area (Å²) in [7, 11) is 0. The lowest BCUT2D eigenvalue weighted by Gasteiger charge is -2.06. The van der Waals surface area contributed by atoms with Crippen molar-refractivity contribution in [3.63, 3.8) is 0 Å². The molecule has 0 unspecified atom stereocenters. The summed E-state index contributed by atoms with van der Waals surface area (Å²) in [6.45, 7) is 0.0144. The first kappa shape index (κ1) is 12.9. The van der Waals surface area contributed by atoms with E-state index < -0.39 is 0 Å². The first-order chi connectivity index (χ1) is 8.61. The smallest absolute Gasteiger partial charge is 0.268 e. The second-order valence-electron chi connectivity index (χ2n) is 3.53. The fourth-order valence-corrected chi connectivity index (χ4v) is 2.73. The average molecular weight is 322 g/mol. The van der Waals surface area contributed by atoms with Crippen molar-refractivity contribution in [3.05, 3.63) is 39.2 Å². The molecule has 2 amide bonds. The summed E-state index contributed by atoms with van der Waals surface area (Å²) in [5.41, 5.74) is 0.857. The van der Waals surface area contributed by atoms with Crippen LogP contribution < -0.4 is 0 Å². The van der Waals surface area contributed by atoms with Crippen molar-refractivity contribution < 1.29 is 9.59 Å². The van der Waals surface area contributed by atoms with Gasteiger partial charge in [0.15, 0.2) is 0 Å². The standard InChI is InChI=1S/C13H8BrNO2S/c1-2-6-15-12(16)11(18-13(15)17)8-9-4-3-5-10(14)7-9/h1,3-5,7-8H,6H2. The highest BCUT2D eigenvalue weighted by Gasteiger charge is 2.34. The summed E-state index contributed by atoms with van der Waals surface area (Å²) in [4.78, 5) is 24.9. The summed E-state index contributed by atoms with van der Waals surface area (Å²) in [5.74, 6) is 1.97. The van der Waals surface area contributed by atoms with Crippen LogP contribution in [-0.2, 0) is 4.79 Å². The third kappa shape index (κ3) is 2.66. The van der Waals surface area contributed by atoms with Crippen LogP contribution in [0.25, 0.3) is 6.08 Å². The third-order valence-electron chi connectivity index (χ3n) is 2.27. The minimum Gasteiger partial charge on any atom is -0.268 e. The highest BCUT2D eigenvalue weighted by Crippen LogP contribution is 2.32. The number of carbonyl (C=O) groups is 2. The van der Waals surface area contributed by atoms with E-state index >= 15 is 0 Å². The monoisotopic (exact) mass is 321 g/mol. The summed E-state index contributed by atoms with van der Waals surface area (Å²) in [6, 6.07) is 7.48. The van der Waals surface area contributed by atoms with Gasteiger partial charge in [-0.15, -0.1) is 6.42 Å². The van der Waals surface area contributed by atoms with Gasteiger partial charge in [-0.2, -0.15) is 0 Å². The Morgan fingerprint density at radius 2 is 2.22 bits per heavy atom. The molecule has 1 aliphatic heterocycles. The van der Waals surface area contributed by atoms with Gasteiger partial charge in [-0.05, 0) is 35.5 Å². The molecule has 5 heteroatoms. The maximum absolute atomic E-state index is 11.9. The van der Waals surface area contributed by atoms with Gasteiger partial charge >= 0.3 is 0 Å². The number of amides is 2. The number of benzene rings is 1. The molecule has 1 fully saturated rings. The fourth-order valence-electron chi connectivity index (χ4n) is 1.48. The van der Waals surface area contributed by atoms with Crippen LogP contribution in [0.2, 0.25) is 0 Å². The minimum atomic E-state index is -0.331. The summed E-state index contributed by atoms with van der Waals surface area (Å²) in [6.07, 6.45) is 6.81. The zero-order chi connectivity index (χ0) is 13.1. The number of imide groups is 1. The number of hydrogen-bond acceptors (Lipinski definition) is 3. The number of thioether (sulfide) groups is 1. The van der Waals surface area contributed by atoms with Gasteiger partial charge in [0, 0.05) is 4.47 Å². The van der Waals surface area contributed by atoms with Crippen LogP contribution in [0, 0.1) is 12.3 Å². The van der Waals surface area contributed by atoms with Crippen LogP contribution in [0.1, 0.15) is 5.56 Å². The van der Waals surface area contributed by atoms with Crippen molar-refractivity contribution in [2.24, 2.45) is 0 Å². The highest BCUT2D eigenvalue weighted by atomic mass is 79.9. The van der Waals surface area contributed by atoms with E-state index in [-0.39, 0.29) is 17.7 Å². The second-order valence-corrected chi connectivity index (χ2v) is 5.44. The van der Waals surface area contributed by atoms with E-state index in [9.17, 15) is 9.59 Å². The van der Waals surface area contributed by atoms with Gasteiger partial charge in [0.2, 0.25) is 0 Å². The van der Waals surface area contributed by atoms with Gasteiger partial charge in [-0.3, -0.25) is 14.5 Å². The molecule has 1 aromatic carbocycles. The third-order valence-corrected chi connectivity index (χ3v) is 3.67. The van der Waals surface area contributed by atoms with E-state index in [1.807, 2.05) is 24.3 Å². The molecular formula is C13H8BrNO2S. The summed E-state index contributed by atoms with van der Waals surface area (Å²) >= 11 is 4.26. The van der Waals surface area contributed by atoms with Crippen LogP contribution in [-0.4, -0.2) is 22.6 Å². The van der Waals surface area contributed by atoms with Crippen LogP contribution >= 0.6 is 27.7 Å². The van der Waals surface area contributed by atoms with Crippen molar-refractivity contribution in [2.75, 3.05) is 6.54 Å². The molecule has 3 nitrogen and oxygen atoms in total. The number of nitrogens with zero attached hydrogens (tertiary/aromatic N) is 1. The van der Waals surface area contributed by atoms with Crippen molar-refractivity contribution in [1.82, 2.24) is 4.90 Å². The zero-order valence-corrected chi connectivity index (χ0v) is 11.6. The Hall–Kier alpha value is -1.51. The van der Waals surface area contributed by atoms with Crippen LogP contribution in [0.3, 0.4) is 0 Å². The Kier molecular flexibility index (Phi) is 3.90. The Balaban J connectivity index is 2.28. The van der Waals surface area contributed by atoms with Crippen LogP contribution in [0.15, 0.2) is 33.6 Å². The van der Waals surface area contributed by atoms with Crippen molar-refractivity contribution >= 4 is 44.9 Å². The normalized spacial score (nSPS) is 17.3. The fraction of sp³-hybridized carbons (Fsp3) is 0.0769. The molecule has 0 atom stereocenters. The lowest BCUT2D eigenvalue weighted by molar-refractivity contribution is -0.122. The topological polar surface area (TPSA) is 37.4 Å². The number of rotatable bonds is 2. The van der Waals surface area contributed by atoms with E-state index in [0.717, 1.165) is 26.7 Å². The van der Waals surface area contributed by atoms with Gasteiger partial charge in [0.25, 0.3) is 11.1 Å². The highest BCUT2D eigenvalue weighted by molar-refractivity contribution is 9.10. The number of carbonyl (C=O) groups excluding carboxylic acids is 2. The van der Waals surface area contributed by atoms with E-state index in [1.54, 1.807) is 6.08 Å². The van der Waals surface area contributed by atoms with Crippen LogP contribution in [0.4, 0.5) is 4.79 Å². The van der Waals surface area contributed by atoms with Gasteiger partial charge in [0.05, 0.1) is 11.4 Å². The molecule has 0 aliphatic carbocycles. The number of hydrogen-bond donors (Lipinski definition) is 0. The number of terminal acetylenes is 1.